The number of ether oxygens (including phenoxy) is 3. The minimum atomic E-state index is -1.25. The molecule has 1 saturated heterocycles. The van der Waals surface area contributed by atoms with Crippen LogP contribution in [0.5, 0.6) is 0 Å². The molecule has 30 heavy (non-hydrogen) atoms. The van der Waals surface area contributed by atoms with Crippen molar-refractivity contribution in [1.82, 2.24) is 0 Å². The molecule has 2 aliphatic rings. The summed E-state index contributed by atoms with van der Waals surface area (Å²) < 4.78 is 16.9. The first-order valence-electron chi connectivity index (χ1n) is 9.22. The van der Waals surface area contributed by atoms with Gasteiger partial charge < -0.3 is 14.2 Å². The second-order valence-electron chi connectivity index (χ2n) is 6.88. The van der Waals surface area contributed by atoms with Crippen LogP contribution in [0.3, 0.4) is 0 Å². The summed E-state index contributed by atoms with van der Waals surface area (Å²) in [7, 11) is 0. The van der Waals surface area contributed by atoms with E-state index in [0.717, 1.165) is 5.56 Å². The maximum atomic E-state index is 12.4. The van der Waals surface area contributed by atoms with Crippen LogP contribution in [-0.4, -0.2) is 28.8 Å². The number of rotatable bonds is 5. The zero-order valence-corrected chi connectivity index (χ0v) is 15.7. The van der Waals surface area contributed by atoms with Gasteiger partial charge in [-0.25, -0.2) is 9.59 Å². The third-order valence-electron chi connectivity index (χ3n) is 4.81. The lowest BCUT2D eigenvalue weighted by Gasteiger charge is -2.21. The Morgan fingerprint density at radius 2 is 1.90 bits per heavy atom. The van der Waals surface area contributed by atoms with Crippen LogP contribution in [0.15, 0.2) is 72.8 Å². The van der Waals surface area contributed by atoms with Crippen LogP contribution >= 0.6 is 0 Å². The van der Waals surface area contributed by atoms with Gasteiger partial charge in [-0.3, -0.25) is 10.1 Å². The second-order valence-corrected chi connectivity index (χ2v) is 6.88. The van der Waals surface area contributed by atoms with E-state index >= 15 is 0 Å². The van der Waals surface area contributed by atoms with E-state index in [9.17, 15) is 19.7 Å². The Bertz CT molecular complexity index is 1030. The van der Waals surface area contributed by atoms with E-state index in [0.29, 0.717) is 5.56 Å². The van der Waals surface area contributed by atoms with Gasteiger partial charge in [-0.05, 0) is 35.4 Å². The molecule has 8 nitrogen and oxygen atoms in total. The highest BCUT2D eigenvalue weighted by molar-refractivity contribution is 5.87. The number of hydrogen-bond donors (Lipinski definition) is 0. The van der Waals surface area contributed by atoms with E-state index in [1.54, 1.807) is 0 Å². The zero-order valence-electron chi connectivity index (χ0n) is 15.7. The van der Waals surface area contributed by atoms with Crippen molar-refractivity contribution in [2.24, 2.45) is 0 Å². The zero-order chi connectivity index (χ0) is 21.1. The van der Waals surface area contributed by atoms with E-state index in [4.69, 9.17) is 14.2 Å². The smallest absolute Gasteiger partial charge is 0.333 e. The van der Waals surface area contributed by atoms with Gasteiger partial charge >= 0.3 is 11.9 Å². The van der Waals surface area contributed by atoms with Crippen LogP contribution < -0.4 is 0 Å². The average molecular weight is 407 g/mol. The van der Waals surface area contributed by atoms with Crippen LogP contribution in [0, 0.1) is 10.1 Å². The molecule has 0 radical (unpaired) electrons. The summed E-state index contributed by atoms with van der Waals surface area (Å²) in [5, 5.41) is 10.7. The summed E-state index contributed by atoms with van der Waals surface area (Å²) in [4.78, 5) is 34.2. The van der Waals surface area contributed by atoms with Crippen molar-refractivity contribution in [3.8, 4) is 0 Å². The van der Waals surface area contributed by atoms with Gasteiger partial charge in [0.15, 0.2) is 0 Å². The lowest BCUT2D eigenvalue weighted by molar-refractivity contribution is -0.384. The Kier molecular flexibility index (Phi) is 5.16. The molecule has 1 spiro atoms. The molecular formula is C22H17NO7. The highest BCUT2D eigenvalue weighted by atomic mass is 16.7. The standard InChI is InChI=1S/C22H17NO7/c24-19(11-8-15-6-9-17(10-7-15)23(26)27)28-18-14-22(13-12-20(25)29-22)30-21(18)16-4-2-1-3-5-16/h1-13,18,21H,14H2/b11-8+. The second kappa shape index (κ2) is 7.92. The van der Waals surface area contributed by atoms with Crippen molar-refractivity contribution >= 4 is 23.7 Å². The van der Waals surface area contributed by atoms with Crippen molar-refractivity contribution in [2.45, 2.75) is 24.4 Å². The van der Waals surface area contributed by atoms with Crippen molar-refractivity contribution in [3.05, 3.63) is 94.1 Å². The van der Waals surface area contributed by atoms with E-state index < -0.39 is 34.9 Å². The lowest BCUT2D eigenvalue weighted by Crippen LogP contribution is -2.27. The number of carbonyl (C=O) groups is 2. The summed E-state index contributed by atoms with van der Waals surface area (Å²) in [5.41, 5.74) is 1.37. The molecule has 0 aliphatic carbocycles. The Labute approximate surface area is 171 Å². The minimum Gasteiger partial charge on any atom is -0.456 e. The molecule has 2 heterocycles. The van der Waals surface area contributed by atoms with Gasteiger partial charge in [0.1, 0.15) is 12.2 Å². The topological polar surface area (TPSA) is 105 Å². The maximum Gasteiger partial charge on any atom is 0.333 e. The monoisotopic (exact) mass is 407 g/mol. The third kappa shape index (κ3) is 4.13. The molecule has 0 bridgehead atoms. The summed E-state index contributed by atoms with van der Waals surface area (Å²) >= 11 is 0. The maximum absolute atomic E-state index is 12.4. The number of non-ortho nitro benzene ring substituents is 1. The molecule has 1 fully saturated rings. The quantitative estimate of drug-likeness (QED) is 0.323. The van der Waals surface area contributed by atoms with E-state index in [1.165, 1.54) is 48.6 Å². The summed E-state index contributed by atoms with van der Waals surface area (Å²) in [6.07, 6.45) is 4.48. The van der Waals surface area contributed by atoms with Gasteiger partial charge in [0, 0.05) is 24.3 Å². The first kappa shape index (κ1) is 19.5. The van der Waals surface area contributed by atoms with Crippen LogP contribution in [-0.2, 0) is 23.8 Å². The van der Waals surface area contributed by atoms with Crippen LogP contribution in [0.4, 0.5) is 5.69 Å². The van der Waals surface area contributed by atoms with Gasteiger partial charge in [-0.2, -0.15) is 0 Å². The molecule has 3 atom stereocenters. The van der Waals surface area contributed by atoms with Crippen LogP contribution in [0.2, 0.25) is 0 Å². The number of nitrogens with zero attached hydrogens (tertiary/aromatic N) is 1. The van der Waals surface area contributed by atoms with E-state index in [-0.39, 0.29) is 12.1 Å². The molecule has 2 aliphatic heterocycles. The molecule has 2 aromatic carbocycles. The predicted molar refractivity (Wildman–Crippen MR) is 105 cm³/mol. The number of esters is 2. The first-order valence-corrected chi connectivity index (χ1v) is 9.22. The normalized spacial score (nSPS) is 25.0. The Balaban J connectivity index is 1.48. The largest absolute Gasteiger partial charge is 0.456 e. The van der Waals surface area contributed by atoms with E-state index in [2.05, 4.69) is 0 Å². The first-order chi connectivity index (χ1) is 14.4. The van der Waals surface area contributed by atoms with Crippen molar-refractivity contribution in [1.29, 1.82) is 0 Å². The fourth-order valence-corrected chi connectivity index (χ4v) is 3.42. The van der Waals surface area contributed by atoms with Gasteiger partial charge in [-0.15, -0.1) is 0 Å². The SMILES string of the molecule is O=C1C=CC2(CC(OC(=O)/C=C/c3ccc([N+](=O)[O-])cc3)C(c3ccccc3)O2)O1. The van der Waals surface area contributed by atoms with Crippen LogP contribution in [0.1, 0.15) is 23.7 Å². The Morgan fingerprint density at radius 1 is 1.17 bits per heavy atom. The van der Waals surface area contributed by atoms with Gasteiger partial charge in [0.2, 0.25) is 5.79 Å². The number of benzene rings is 2. The van der Waals surface area contributed by atoms with Gasteiger partial charge in [0.05, 0.1) is 11.3 Å². The summed E-state index contributed by atoms with van der Waals surface area (Å²) in [6.45, 7) is 0. The Hall–Kier alpha value is -3.78. The van der Waals surface area contributed by atoms with Crippen molar-refractivity contribution in [2.75, 3.05) is 0 Å². The molecule has 0 amide bonds. The molecule has 2 aromatic rings. The highest BCUT2D eigenvalue weighted by Crippen LogP contribution is 2.44. The number of carbonyl (C=O) groups excluding carboxylic acids is 2. The van der Waals surface area contributed by atoms with Gasteiger partial charge in [0.25, 0.3) is 5.69 Å². The number of hydrogen-bond acceptors (Lipinski definition) is 7. The predicted octanol–water partition coefficient (Wildman–Crippen LogP) is 3.49. The number of nitro groups is 1. The molecule has 152 valence electrons. The summed E-state index contributed by atoms with van der Waals surface area (Å²) in [5.74, 6) is -2.36. The molecule has 3 unspecified atom stereocenters. The fraction of sp³-hybridized carbons (Fsp3) is 0.182. The van der Waals surface area contributed by atoms with Crippen LogP contribution in [0.25, 0.3) is 6.08 Å². The summed E-state index contributed by atoms with van der Waals surface area (Å²) in [6, 6.07) is 15.0. The van der Waals surface area contributed by atoms with E-state index in [1.807, 2.05) is 30.3 Å². The highest BCUT2D eigenvalue weighted by Gasteiger charge is 2.52. The molecular weight excluding hydrogens is 390 g/mol. The third-order valence-corrected chi connectivity index (χ3v) is 4.81. The van der Waals surface area contributed by atoms with Gasteiger partial charge in [-0.1, -0.05) is 30.3 Å². The average Bonchev–Trinajstić information content (AvgIpc) is 3.29. The van der Waals surface area contributed by atoms with Crippen molar-refractivity contribution in [3.63, 3.8) is 0 Å². The molecule has 4 rings (SSSR count). The number of nitro benzene ring substituents is 1. The molecule has 0 N–H and O–H groups in total. The molecule has 8 heteroatoms. The lowest BCUT2D eigenvalue weighted by atomic mass is 10.0. The fourth-order valence-electron chi connectivity index (χ4n) is 3.42. The Morgan fingerprint density at radius 3 is 2.53 bits per heavy atom. The minimum absolute atomic E-state index is 0.0343. The van der Waals surface area contributed by atoms with Crippen molar-refractivity contribution < 1.29 is 28.7 Å². The molecule has 0 saturated carbocycles. The molecule has 0 aromatic heterocycles.